The average molecular weight is 369 g/mol. The van der Waals surface area contributed by atoms with Crippen molar-refractivity contribution in [2.75, 3.05) is 0 Å². The maximum Gasteiger partial charge on any atom is 0.255 e. The van der Waals surface area contributed by atoms with Crippen molar-refractivity contribution in [3.63, 3.8) is 0 Å². The van der Waals surface area contributed by atoms with Gasteiger partial charge in [0.2, 0.25) is 0 Å². The SMILES string of the molecule is O=C(NC1CC1)c1ccc(CN(C(=O)c2ccccc2Cl)C2CC2)cc1. The number of hydrogen-bond acceptors (Lipinski definition) is 2. The summed E-state index contributed by atoms with van der Waals surface area (Å²) in [5.74, 6) is -0.0566. The molecular weight excluding hydrogens is 348 g/mol. The van der Waals surface area contributed by atoms with E-state index in [0.29, 0.717) is 28.7 Å². The molecule has 26 heavy (non-hydrogen) atoms. The molecule has 0 bridgehead atoms. The van der Waals surface area contributed by atoms with Gasteiger partial charge in [0.25, 0.3) is 11.8 Å². The largest absolute Gasteiger partial charge is 0.349 e. The van der Waals surface area contributed by atoms with Crippen LogP contribution in [0.5, 0.6) is 0 Å². The van der Waals surface area contributed by atoms with Crippen molar-refractivity contribution in [1.82, 2.24) is 10.2 Å². The van der Waals surface area contributed by atoms with Gasteiger partial charge < -0.3 is 10.2 Å². The number of carbonyl (C=O) groups excluding carboxylic acids is 2. The monoisotopic (exact) mass is 368 g/mol. The lowest BCUT2D eigenvalue weighted by atomic mass is 10.1. The zero-order valence-corrected chi connectivity index (χ0v) is 15.2. The predicted molar refractivity (Wildman–Crippen MR) is 101 cm³/mol. The fraction of sp³-hybridized carbons (Fsp3) is 0.333. The topological polar surface area (TPSA) is 49.4 Å². The van der Waals surface area contributed by atoms with Crippen molar-refractivity contribution < 1.29 is 9.59 Å². The summed E-state index contributed by atoms with van der Waals surface area (Å²) in [6.07, 6.45) is 4.20. The minimum Gasteiger partial charge on any atom is -0.349 e. The van der Waals surface area contributed by atoms with Crippen molar-refractivity contribution in [2.45, 2.75) is 44.3 Å². The van der Waals surface area contributed by atoms with Crippen molar-refractivity contribution >= 4 is 23.4 Å². The molecule has 0 unspecified atom stereocenters. The summed E-state index contributed by atoms with van der Waals surface area (Å²) in [6.45, 7) is 0.527. The van der Waals surface area contributed by atoms with Gasteiger partial charge in [-0.25, -0.2) is 0 Å². The smallest absolute Gasteiger partial charge is 0.255 e. The molecule has 2 amide bonds. The van der Waals surface area contributed by atoms with Gasteiger partial charge in [0, 0.05) is 24.2 Å². The standard InChI is InChI=1S/C21H21ClN2O2/c22-19-4-2-1-3-18(19)21(26)24(17-11-12-17)13-14-5-7-15(8-6-14)20(25)23-16-9-10-16/h1-8,16-17H,9-13H2,(H,23,25). The number of halogens is 1. The van der Waals surface area contributed by atoms with Crippen molar-refractivity contribution in [3.8, 4) is 0 Å². The summed E-state index contributed by atoms with van der Waals surface area (Å²) in [4.78, 5) is 26.9. The number of hydrogen-bond donors (Lipinski definition) is 1. The van der Waals surface area contributed by atoms with Crippen LogP contribution in [0.2, 0.25) is 5.02 Å². The number of benzene rings is 2. The average Bonchev–Trinajstić information content (AvgIpc) is 3.54. The third-order valence-electron chi connectivity index (χ3n) is 4.83. The second-order valence-electron chi connectivity index (χ2n) is 7.09. The van der Waals surface area contributed by atoms with Crippen LogP contribution in [0.3, 0.4) is 0 Å². The molecule has 134 valence electrons. The third kappa shape index (κ3) is 3.91. The molecule has 0 atom stereocenters. The van der Waals surface area contributed by atoms with Crippen LogP contribution in [-0.4, -0.2) is 28.8 Å². The predicted octanol–water partition coefficient (Wildman–Crippen LogP) is 4.04. The number of amides is 2. The Morgan fingerprint density at radius 2 is 1.69 bits per heavy atom. The number of rotatable bonds is 6. The van der Waals surface area contributed by atoms with Gasteiger partial charge in [-0.15, -0.1) is 0 Å². The summed E-state index contributed by atoms with van der Waals surface area (Å²) < 4.78 is 0. The summed E-state index contributed by atoms with van der Waals surface area (Å²) >= 11 is 6.20. The molecule has 2 saturated carbocycles. The highest BCUT2D eigenvalue weighted by atomic mass is 35.5. The minimum absolute atomic E-state index is 0.0229. The molecule has 2 aliphatic carbocycles. The Balaban J connectivity index is 1.47. The minimum atomic E-state index is -0.0337. The number of carbonyl (C=O) groups is 2. The van der Waals surface area contributed by atoms with E-state index in [4.69, 9.17) is 11.6 Å². The fourth-order valence-electron chi connectivity index (χ4n) is 3.00. The summed E-state index contributed by atoms with van der Waals surface area (Å²) in [6, 6.07) is 15.3. The van der Waals surface area contributed by atoms with Gasteiger partial charge in [-0.1, -0.05) is 35.9 Å². The van der Waals surface area contributed by atoms with Gasteiger partial charge in [-0.3, -0.25) is 9.59 Å². The Morgan fingerprint density at radius 3 is 2.31 bits per heavy atom. The first-order chi connectivity index (χ1) is 12.6. The highest BCUT2D eigenvalue weighted by Crippen LogP contribution is 2.31. The molecule has 4 nitrogen and oxygen atoms in total. The van der Waals surface area contributed by atoms with E-state index in [2.05, 4.69) is 5.32 Å². The van der Waals surface area contributed by atoms with Gasteiger partial charge in [-0.2, -0.15) is 0 Å². The Bertz CT molecular complexity index is 826. The lowest BCUT2D eigenvalue weighted by Crippen LogP contribution is -2.32. The van der Waals surface area contributed by atoms with Crippen LogP contribution in [0.4, 0.5) is 0 Å². The van der Waals surface area contributed by atoms with Crippen LogP contribution < -0.4 is 5.32 Å². The quantitative estimate of drug-likeness (QED) is 0.836. The summed E-state index contributed by atoms with van der Waals surface area (Å²) in [7, 11) is 0. The summed E-state index contributed by atoms with van der Waals surface area (Å²) in [5.41, 5.74) is 2.22. The lowest BCUT2D eigenvalue weighted by molar-refractivity contribution is 0.0729. The Labute approximate surface area is 158 Å². The van der Waals surface area contributed by atoms with E-state index < -0.39 is 0 Å². The molecule has 2 aromatic carbocycles. The van der Waals surface area contributed by atoms with Gasteiger partial charge in [0.15, 0.2) is 0 Å². The maximum atomic E-state index is 12.9. The first-order valence-corrected chi connectivity index (χ1v) is 9.45. The van der Waals surface area contributed by atoms with Gasteiger partial charge >= 0.3 is 0 Å². The van der Waals surface area contributed by atoms with Gasteiger partial charge in [0.1, 0.15) is 0 Å². The molecule has 4 rings (SSSR count). The van der Waals surface area contributed by atoms with E-state index in [1.54, 1.807) is 12.1 Å². The first-order valence-electron chi connectivity index (χ1n) is 9.07. The zero-order chi connectivity index (χ0) is 18.1. The molecule has 0 aromatic heterocycles. The molecule has 5 heteroatoms. The first kappa shape index (κ1) is 17.1. The third-order valence-corrected chi connectivity index (χ3v) is 5.16. The van der Waals surface area contributed by atoms with Crippen molar-refractivity contribution in [1.29, 1.82) is 0 Å². The van der Waals surface area contributed by atoms with Crippen LogP contribution in [-0.2, 0) is 6.54 Å². The van der Waals surface area contributed by atoms with Crippen LogP contribution in [0.1, 0.15) is 52.0 Å². The van der Waals surface area contributed by atoms with E-state index >= 15 is 0 Å². The Hall–Kier alpha value is -2.33. The molecule has 0 saturated heterocycles. The number of nitrogens with zero attached hydrogens (tertiary/aromatic N) is 1. The maximum absolute atomic E-state index is 12.9. The normalized spacial score (nSPS) is 16.2. The van der Waals surface area contributed by atoms with Crippen molar-refractivity contribution in [2.24, 2.45) is 0 Å². The highest BCUT2D eigenvalue weighted by Gasteiger charge is 2.33. The Kier molecular flexibility index (Phi) is 4.68. The van der Waals surface area contributed by atoms with Crippen LogP contribution >= 0.6 is 11.6 Å². The molecule has 2 aromatic rings. The van der Waals surface area contributed by atoms with E-state index in [1.165, 1.54) is 0 Å². The molecule has 0 aliphatic heterocycles. The second kappa shape index (κ2) is 7.12. The molecule has 2 fully saturated rings. The van der Waals surface area contributed by atoms with Crippen molar-refractivity contribution in [3.05, 3.63) is 70.2 Å². The van der Waals surface area contributed by atoms with E-state index in [9.17, 15) is 9.59 Å². The number of nitrogens with one attached hydrogen (secondary N) is 1. The molecule has 2 aliphatic rings. The molecular formula is C21H21ClN2O2. The van der Waals surface area contributed by atoms with Crippen LogP contribution in [0, 0.1) is 0 Å². The van der Waals surface area contributed by atoms with Crippen LogP contribution in [0.25, 0.3) is 0 Å². The zero-order valence-electron chi connectivity index (χ0n) is 14.5. The molecule has 0 heterocycles. The highest BCUT2D eigenvalue weighted by molar-refractivity contribution is 6.33. The van der Waals surface area contributed by atoms with E-state index in [1.807, 2.05) is 41.3 Å². The molecule has 0 radical (unpaired) electrons. The summed E-state index contributed by atoms with van der Waals surface area (Å²) in [5, 5.41) is 3.47. The van der Waals surface area contributed by atoms with Gasteiger partial charge in [0.05, 0.1) is 10.6 Å². The van der Waals surface area contributed by atoms with E-state index in [-0.39, 0.29) is 17.9 Å². The second-order valence-corrected chi connectivity index (χ2v) is 7.50. The Morgan fingerprint density at radius 1 is 1.00 bits per heavy atom. The lowest BCUT2D eigenvalue weighted by Gasteiger charge is -2.23. The molecule has 0 spiro atoms. The van der Waals surface area contributed by atoms with Crippen LogP contribution in [0.15, 0.2) is 48.5 Å². The molecule has 1 N–H and O–H groups in total. The fourth-order valence-corrected chi connectivity index (χ4v) is 3.21. The van der Waals surface area contributed by atoms with E-state index in [0.717, 1.165) is 31.2 Å². The van der Waals surface area contributed by atoms with Gasteiger partial charge in [-0.05, 0) is 55.5 Å².